The molecule has 3 aromatic rings. The highest BCUT2D eigenvalue weighted by Crippen LogP contribution is 2.29. The summed E-state index contributed by atoms with van der Waals surface area (Å²) < 4.78 is 5.39. The van der Waals surface area contributed by atoms with E-state index >= 15 is 0 Å². The summed E-state index contributed by atoms with van der Waals surface area (Å²) in [7, 11) is 1.70. The zero-order valence-corrected chi connectivity index (χ0v) is 24.4. The van der Waals surface area contributed by atoms with Crippen LogP contribution in [0.1, 0.15) is 58.8 Å². The molecule has 1 atom stereocenters. The molecule has 0 radical (unpaired) electrons. The van der Waals surface area contributed by atoms with Gasteiger partial charge in [-0.05, 0) is 112 Å². The van der Waals surface area contributed by atoms with Gasteiger partial charge in [0.2, 0.25) is 0 Å². The Kier molecular flexibility index (Phi) is 10.0. The van der Waals surface area contributed by atoms with E-state index < -0.39 is 0 Å². The van der Waals surface area contributed by atoms with Gasteiger partial charge in [-0.3, -0.25) is 9.78 Å². The van der Waals surface area contributed by atoms with Crippen LogP contribution in [0.4, 0.5) is 5.69 Å². The number of methoxy groups -OCH3 is 1. The number of nitrogens with zero attached hydrogens (tertiary/aromatic N) is 3. The van der Waals surface area contributed by atoms with Crippen molar-refractivity contribution in [2.24, 2.45) is 5.90 Å². The van der Waals surface area contributed by atoms with Gasteiger partial charge in [0.15, 0.2) is 0 Å². The lowest BCUT2D eigenvalue weighted by atomic mass is 9.98. The molecular weight excluding hydrogens is 502 g/mol. The first-order chi connectivity index (χ1) is 19.3. The number of hydrogen-bond acceptors (Lipinski definition) is 7. The Balaban J connectivity index is 1.34. The summed E-state index contributed by atoms with van der Waals surface area (Å²) in [5.74, 6) is 6.66. The Hall–Kier alpha value is -3.62. The highest BCUT2D eigenvalue weighted by molar-refractivity contribution is 5.97. The molecule has 8 heteroatoms. The molecule has 1 aliphatic heterocycles. The summed E-state index contributed by atoms with van der Waals surface area (Å²) in [5, 5.41) is 3.12. The summed E-state index contributed by atoms with van der Waals surface area (Å²) in [5.41, 5.74) is 6.12. The number of aryl methyl sites for hydroxylation is 3. The van der Waals surface area contributed by atoms with Crippen LogP contribution >= 0.6 is 0 Å². The maximum absolute atomic E-state index is 12.9. The lowest BCUT2D eigenvalue weighted by molar-refractivity contribution is 0.0944. The van der Waals surface area contributed by atoms with Gasteiger partial charge in [0, 0.05) is 61.9 Å². The van der Waals surface area contributed by atoms with Crippen LogP contribution in [0.15, 0.2) is 54.9 Å². The van der Waals surface area contributed by atoms with Crippen LogP contribution in [-0.2, 0) is 6.54 Å². The van der Waals surface area contributed by atoms with Crippen LogP contribution < -0.4 is 25.7 Å². The van der Waals surface area contributed by atoms with Gasteiger partial charge < -0.3 is 24.7 Å². The first kappa shape index (κ1) is 29.4. The van der Waals surface area contributed by atoms with E-state index in [1.807, 2.05) is 38.4 Å². The molecule has 4 rings (SSSR count). The molecular formula is C32H43N5O3. The highest BCUT2D eigenvalue weighted by Gasteiger charge is 2.28. The fourth-order valence-corrected chi connectivity index (χ4v) is 5.70. The third-order valence-electron chi connectivity index (χ3n) is 8.17. The number of nitrogens with one attached hydrogen (secondary N) is 1. The molecule has 8 nitrogen and oxygen atoms in total. The predicted molar refractivity (Wildman–Crippen MR) is 160 cm³/mol. The number of ether oxygens (including phenoxy) is 1. The van der Waals surface area contributed by atoms with Crippen LogP contribution in [0, 0.1) is 20.8 Å². The fourth-order valence-electron chi connectivity index (χ4n) is 5.70. The topological polar surface area (TPSA) is 93.0 Å². The van der Waals surface area contributed by atoms with E-state index in [0.29, 0.717) is 29.9 Å². The number of aromatic nitrogens is 1. The molecule has 1 aliphatic rings. The van der Waals surface area contributed by atoms with E-state index in [2.05, 4.69) is 52.1 Å². The number of hydrogen-bond donors (Lipinski definition) is 2. The second kappa shape index (κ2) is 13.6. The number of amides is 1. The van der Waals surface area contributed by atoms with Gasteiger partial charge in [-0.2, -0.15) is 5.90 Å². The number of rotatable bonds is 11. The molecule has 1 saturated heterocycles. The number of carbonyl (C=O) groups is 1. The van der Waals surface area contributed by atoms with E-state index in [4.69, 9.17) is 15.5 Å². The van der Waals surface area contributed by atoms with Crippen molar-refractivity contribution in [2.45, 2.75) is 65.6 Å². The Morgan fingerprint density at radius 3 is 2.35 bits per heavy atom. The molecule has 2 heterocycles. The molecule has 1 amide bonds. The van der Waals surface area contributed by atoms with Crippen molar-refractivity contribution in [3.05, 3.63) is 82.7 Å². The maximum atomic E-state index is 12.9. The number of carbonyl (C=O) groups excluding carboxylic acids is 1. The zero-order valence-electron chi connectivity index (χ0n) is 24.4. The van der Waals surface area contributed by atoms with Crippen molar-refractivity contribution in [3.8, 4) is 11.5 Å². The average molecular weight is 546 g/mol. The molecule has 40 heavy (non-hydrogen) atoms. The third-order valence-corrected chi connectivity index (χ3v) is 8.17. The monoisotopic (exact) mass is 545 g/mol. The predicted octanol–water partition coefficient (Wildman–Crippen LogP) is 4.95. The van der Waals surface area contributed by atoms with E-state index in [1.165, 1.54) is 16.8 Å². The molecule has 3 N–H and O–H groups in total. The van der Waals surface area contributed by atoms with E-state index in [-0.39, 0.29) is 5.91 Å². The van der Waals surface area contributed by atoms with Crippen molar-refractivity contribution in [3.63, 3.8) is 0 Å². The molecule has 0 spiro atoms. The smallest absolute Gasteiger partial charge is 0.251 e. The van der Waals surface area contributed by atoms with Crippen molar-refractivity contribution in [1.29, 1.82) is 0 Å². The zero-order chi connectivity index (χ0) is 28.6. The number of pyridine rings is 1. The van der Waals surface area contributed by atoms with Crippen molar-refractivity contribution < 1.29 is 14.4 Å². The quantitative estimate of drug-likeness (QED) is 0.330. The second-order valence-electron chi connectivity index (χ2n) is 10.8. The fraction of sp³-hybridized carbons (Fsp3) is 0.438. The van der Waals surface area contributed by atoms with Crippen LogP contribution in [0.5, 0.6) is 11.5 Å². The van der Waals surface area contributed by atoms with Gasteiger partial charge in [0.1, 0.15) is 11.5 Å². The minimum atomic E-state index is -0.0506. The summed E-state index contributed by atoms with van der Waals surface area (Å²) in [4.78, 5) is 27.2. The first-order valence-electron chi connectivity index (χ1n) is 14.1. The number of piperidine rings is 1. The SMILES string of the molecule is COc1ccc(N(Cc2cnccc2C)C2CCN(C(C)CCNC(=O)c3c(C)cc(ON)cc3C)CC2)cc1. The molecule has 214 valence electrons. The lowest BCUT2D eigenvalue weighted by Crippen LogP contribution is -2.48. The molecule has 2 aromatic carbocycles. The Morgan fingerprint density at radius 1 is 1.07 bits per heavy atom. The standard InChI is InChI=1S/C32H43N5O3/c1-22-10-14-34-20-26(22)21-37(27-6-8-29(39-5)9-7-27)28-12-16-36(17-13-28)25(4)11-15-35-32(38)31-23(2)18-30(40-33)19-24(31)3/h6-10,14,18-20,25,28H,11-13,15-17,21,33H2,1-5H3,(H,35,38). The summed E-state index contributed by atoms with van der Waals surface area (Å²) in [6, 6.07) is 14.9. The molecule has 0 bridgehead atoms. The maximum Gasteiger partial charge on any atom is 0.251 e. The minimum absolute atomic E-state index is 0.0506. The number of nitrogens with two attached hydrogens (primary N) is 1. The van der Waals surface area contributed by atoms with Gasteiger partial charge in [-0.1, -0.05) is 0 Å². The van der Waals surface area contributed by atoms with Crippen LogP contribution in [0.2, 0.25) is 0 Å². The normalized spacial score (nSPS) is 14.9. The molecule has 0 saturated carbocycles. The van der Waals surface area contributed by atoms with Crippen molar-refractivity contribution in [1.82, 2.24) is 15.2 Å². The molecule has 1 aromatic heterocycles. The van der Waals surface area contributed by atoms with E-state index in [9.17, 15) is 4.79 Å². The second-order valence-corrected chi connectivity index (χ2v) is 10.8. The average Bonchev–Trinajstić information content (AvgIpc) is 2.96. The minimum Gasteiger partial charge on any atom is -0.497 e. The number of likely N-dealkylation sites (tertiary alicyclic amines) is 1. The van der Waals surface area contributed by atoms with E-state index in [1.54, 1.807) is 19.2 Å². The Labute approximate surface area is 238 Å². The van der Waals surface area contributed by atoms with Crippen LogP contribution in [-0.4, -0.2) is 54.6 Å². The lowest BCUT2D eigenvalue weighted by Gasteiger charge is -2.42. The first-order valence-corrected chi connectivity index (χ1v) is 14.1. The van der Waals surface area contributed by atoms with Gasteiger partial charge in [0.25, 0.3) is 5.91 Å². The van der Waals surface area contributed by atoms with Gasteiger partial charge in [0.05, 0.1) is 7.11 Å². The number of benzene rings is 2. The van der Waals surface area contributed by atoms with Crippen LogP contribution in [0.3, 0.4) is 0 Å². The van der Waals surface area contributed by atoms with Crippen LogP contribution in [0.25, 0.3) is 0 Å². The van der Waals surface area contributed by atoms with Gasteiger partial charge >= 0.3 is 0 Å². The summed E-state index contributed by atoms with van der Waals surface area (Å²) >= 11 is 0. The van der Waals surface area contributed by atoms with Crippen molar-refractivity contribution >= 4 is 11.6 Å². The molecule has 1 unspecified atom stereocenters. The third kappa shape index (κ3) is 7.11. The number of anilines is 1. The molecule has 1 fully saturated rings. The van der Waals surface area contributed by atoms with E-state index in [0.717, 1.165) is 55.8 Å². The highest BCUT2D eigenvalue weighted by atomic mass is 16.6. The molecule has 0 aliphatic carbocycles. The summed E-state index contributed by atoms with van der Waals surface area (Å²) in [6.45, 7) is 11.7. The van der Waals surface area contributed by atoms with Gasteiger partial charge in [-0.25, -0.2) is 0 Å². The Morgan fingerprint density at radius 2 is 1.75 bits per heavy atom. The van der Waals surface area contributed by atoms with Crippen molar-refractivity contribution in [2.75, 3.05) is 31.6 Å². The Bertz CT molecular complexity index is 1250. The largest absolute Gasteiger partial charge is 0.497 e. The van der Waals surface area contributed by atoms with Gasteiger partial charge in [-0.15, -0.1) is 0 Å². The summed E-state index contributed by atoms with van der Waals surface area (Å²) in [6.07, 6.45) is 6.90.